The van der Waals surface area contributed by atoms with Crippen LogP contribution in [0.3, 0.4) is 0 Å². The summed E-state index contributed by atoms with van der Waals surface area (Å²) in [5.74, 6) is -1.24. The Hall–Kier alpha value is -2.37. The van der Waals surface area contributed by atoms with Crippen LogP contribution in [0.4, 0.5) is 5.69 Å². The maximum atomic E-state index is 11.8. The van der Waals surface area contributed by atoms with E-state index in [0.29, 0.717) is 16.8 Å². The first-order valence-electron chi connectivity index (χ1n) is 5.92. The van der Waals surface area contributed by atoms with Crippen molar-refractivity contribution >= 4 is 23.4 Å². The van der Waals surface area contributed by atoms with Gasteiger partial charge in [-0.05, 0) is 17.7 Å². The number of amides is 3. The quantitative estimate of drug-likeness (QED) is 0.601. The molecule has 0 aromatic heterocycles. The normalized spacial score (nSPS) is 19.0. The van der Waals surface area contributed by atoms with Crippen LogP contribution in [0.1, 0.15) is 29.3 Å². The van der Waals surface area contributed by atoms with Crippen LogP contribution in [-0.2, 0) is 16.1 Å². The Kier molecular flexibility index (Phi) is 3.25. The van der Waals surface area contributed by atoms with Gasteiger partial charge in [0.15, 0.2) is 0 Å². The van der Waals surface area contributed by atoms with Gasteiger partial charge in [-0.2, -0.15) is 0 Å². The summed E-state index contributed by atoms with van der Waals surface area (Å²) >= 11 is 0. The molecular weight excluding hydrogens is 246 g/mol. The van der Waals surface area contributed by atoms with Gasteiger partial charge in [-0.3, -0.25) is 19.3 Å². The molecule has 1 aromatic rings. The minimum atomic E-state index is -0.569. The third kappa shape index (κ3) is 2.42. The number of imide groups is 1. The van der Waals surface area contributed by atoms with Gasteiger partial charge < -0.3 is 11.5 Å². The molecule has 1 unspecified atom stereocenters. The van der Waals surface area contributed by atoms with Crippen LogP contribution >= 0.6 is 0 Å². The average Bonchev–Trinajstić information content (AvgIpc) is 2.58. The predicted octanol–water partition coefficient (Wildman–Crippen LogP) is 0.263. The van der Waals surface area contributed by atoms with Crippen LogP contribution in [0.5, 0.6) is 0 Å². The molecule has 0 radical (unpaired) electrons. The Morgan fingerprint density at radius 2 is 2.11 bits per heavy atom. The molecule has 1 fully saturated rings. The van der Waals surface area contributed by atoms with E-state index in [0.717, 1.165) is 0 Å². The van der Waals surface area contributed by atoms with Crippen LogP contribution in [-0.4, -0.2) is 22.6 Å². The maximum absolute atomic E-state index is 11.8. The molecule has 1 aliphatic heterocycles. The molecule has 0 saturated carbocycles. The number of nitrogens with zero attached hydrogens (tertiary/aromatic N) is 1. The van der Waals surface area contributed by atoms with Crippen molar-refractivity contribution in [2.75, 3.05) is 5.73 Å². The number of carbonyl (C=O) groups is 3. The molecule has 0 aliphatic carbocycles. The number of benzene rings is 1. The molecule has 0 spiro atoms. The van der Waals surface area contributed by atoms with Gasteiger partial charge in [-0.1, -0.05) is 13.0 Å². The van der Waals surface area contributed by atoms with Crippen molar-refractivity contribution in [3.8, 4) is 0 Å². The van der Waals surface area contributed by atoms with Crippen molar-refractivity contribution in [1.82, 2.24) is 4.90 Å². The van der Waals surface area contributed by atoms with Gasteiger partial charge >= 0.3 is 0 Å². The number of anilines is 1. The van der Waals surface area contributed by atoms with Crippen molar-refractivity contribution in [3.63, 3.8) is 0 Å². The van der Waals surface area contributed by atoms with E-state index < -0.39 is 5.91 Å². The van der Waals surface area contributed by atoms with Gasteiger partial charge in [-0.15, -0.1) is 0 Å². The lowest BCUT2D eigenvalue weighted by molar-refractivity contribution is -0.139. The highest BCUT2D eigenvalue weighted by Crippen LogP contribution is 2.23. The summed E-state index contributed by atoms with van der Waals surface area (Å²) < 4.78 is 0. The molecule has 100 valence electrons. The summed E-state index contributed by atoms with van der Waals surface area (Å²) in [5, 5.41) is 0. The number of hydrogen-bond donors (Lipinski definition) is 2. The van der Waals surface area contributed by atoms with E-state index in [4.69, 9.17) is 11.5 Å². The van der Waals surface area contributed by atoms with Gasteiger partial charge in [0.2, 0.25) is 17.7 Å². The van der Waals surface area contributed by atoms with E-state index in [1.54, 1.807) is 13.0 Å². The Morgan fingerprint density at radius 1 is 1.42 bits per heavy atom. The third-order valence-corrected chi connectivity index (χ3v) is 3.23. The second kappa shape index (κ2) is 4.72. The summed E-state index contributed by atoms with van der Waals surface area (Å²) in [5.41, 5.74) is 12.2. The van der Waals surface area contributed by atoms with E-state index in [9.17, 15) is 14.4 Å². The van der Waals surface area contributed by atoms with E-state index in [2.05, 4.69) is 0 Å². The van der Waals surface area contributed by atoms with Crippen LogP contribution in [0.2, 0.25) is 0 Å². The molecule has 1 aliphatic rings. The summed E-state index contributed by atoms with van der Waals surface area (Å²) in [6.07, 6.45) is 0.234. The number of hydrogen-bond acceptors (Lipinski definition) is 4. The van der Waals surface area contributed by atoms with E-state index in [1.165, 1.54) is 17.0 Å². The van der Waals surface area contributed by atoms with E-state index >= 15 is 0 Å². The predicted molar refractivity (Wildman–Crippen MR) is 68.7 cm³/mol. The molecule has 4 N–H and O–H groups in total. The molecule has 1 heterocycles. The minimum Gasteiger partial charge on any atom is -0.398 e. The zero-order valence-electron chi connectivity index (χ0n) is 10.6. The van der Waals surface area contributed by atoms with Crippen LogP contribution in [0.25, 0.3) is 0 Å². The van der Waals surface area contributed by atoms with Crippen molar-refractivity contribution in [1.29, 1.82) is 0 Å². The van der Waals surface area contributed by atoms with Crippen molar-refractivity contribution < 1.29 is 14.4 Å². The second-order valence-corrected chi connectivity index (χ2v) is 4.70. The first kappa shape index (κ1) is 13.1. The molecule has 19 heavy (non-hydrogen) atoms. The number of nitrogens with two attached hydrogens (primary N) is 2. The highest BCUT2D eigenvalue weighted by molar-refractivity contribution is 6.03. The summed E-state index contributed by atoms with van der Waals surface area (Å²) in [7, 11) is 0. The molecule has 2 rings (SSSR count). The lowest BCUT2D eigenvalue weighted by Gasteiger charge is -2.16. The van der Waals surface area contributed by atoms with Crippen molar-refractivity contribution in [2.45, 2.75) is 19.9 Å². The lowest BCUT2D eigenvalue weighted by atomic mass is 10.1. The highest BCUT2D eigenvalue weighted by Gasteiger charge is 2.35. The van der Waals surface area contributed by atoms with Gasteiger partial charge in [0.1, 0.15) is 0 Å². The number of nitrogen functional groups attached to an aromatic ring is 1. The topological polar surface area (TPSA) is 106 Å². The Balaban J connectivity index is 2.22. The van der Waals surface area contributed by atoms with E-state index in [1.807, 2.05) is 0 Å². The van der Waals surface area contributed by atoms with Crippen LogP contribution in [0, 0.1) is 5.92 Å². The standard InChI is InChI=1S/C13H15N3O3/c1-7-4-11(17)16(13(7)19)6-9-3-2-8(12(15)18)5-10(9)14/h2-3,5,7H,4,6,14H2,1H3,(H2,15,18). The van der Waals surface area contributed by atoms with Gasteiger partial charge in [0, 0.05) is 23.6 Å². The molecule has 1 aromatic carbocycles. The van der Waals surface area contributed by atoms with Crippen LogP contribution < -0.4 is 11.5 Å². The number of carbonyl (C=O) groups excluding carboxylic acids is 3. The monoisotopic (exact) mass is 261 g/mol. The van der Waals surface area contributed by atoms with E-state index in [-0.39, 0.29) is 30.7 Å². The maximum Gasteiger partial charge on any atom is 0.248 e. The summed E-state index contributed by atoms with van der Waals surface area (Å²) in [6, 6.07) is 4.59. The minimum absolute atomic E-state index is 0.132. The fourth-order valence-corrected chi connectivity index (χ4v) is 2.08. The lowest BCUT2D eigenvalue weighted by Crippen LogP contribution is -2.30. The molecule has 0 bridgehead atoms. The Labute approximate surface area is 110 Å². The Bertz CT molecular complexity index is 568. The largest absolute Gasteiger partial charge is 0.398 e. The zero-order valence-corrected chi connectivity index (χ0v) is 10.6. The molecule has 1 atom stereocenters. The van der Waals surface area contributed by atoms with Crippen LogP contribution in [0.15, 0.2) is 18.2 Å². The summed E-state index contributed by atoms with van der Waals surface area (Å²) in [4.78, 5) is 35.7. The van der Waals surface area contributed by atoms with Gasteiger partial charge in [-0.25, -0.2) is 0 Å². The van der Waals surface area contributed by atoms with Crippen molar-refractivity contribution in [3.05, 3.63) is 29.3 Å². The molecule has 6 heteroatoms. The fourth-order valence-electron chi connectivity index (χ4n) is 2.08. The zero-order chi connectivity index (χ0) is 14.2. The molecule has 1 saturated heterocycles. The fraction of sp³-hybridized carbons (Fsp3) is 0.308. The number of likely N-dealkylation sites (tertiary alicyclic amines) is 1. The van der Waals surface area contributed by atoms with Gasteiger partial charge in [0.25, 0.3) is 0 Å². The van der Waals surface area contributed by atoms with Gasteiger partial charge in [0.05, 0.1) is 6.54 Å². The third-order valence-electron chi connectivity index (χ3n) is 3.23. The first-order chi connectivity index (χ1) is 8.90. The smallest absolute Gasteiger partial charge is 0.248 e. The summed E-state index contributed by atoms with van der Waals surface area (Å²) in [6.45, 7) is 1.85. The Morgan fingerprint density at radius 3 is 2.58 bits per heavy atom. The second-order valence-electron chi connectivity index (χ2n) is 4.70. The number of rotatable bonds is 3. The number of primary amides is 1. The average molecular weight is 261 g/mol. The van der Waals surface area contributed by atoms with Crippen molar-refractivity contribution in [2.24, 2.45) is 11.7 Å². The first-order valence-corrected chi connectivity index (χ1v) is 5.92. The SMILES string of the molecule is CC1CC(=O)N(Cc2ccc(C(N)=O)cc2N)C1=O. The molecule has 3 amide bonds. The molecule has 6 nitrogen and oxygen atoms in total. The highest BCUT2D eigenvalue weighted by atomic mass is 16.2. The molecular formula is C13H15N3O3.